The molecule has 36 heavy (non-hydrogen) atoms. The second kappa shape index (κ2) is 10.3. The molecule has 1 aliphatic rings. The van der Waals surface area contributed by atoms with E-state index in [9.17, 15) is 18.0 Å². The van der Waals surface area contributed by atoms with Crippen molar-refractivity contribution in [3.8, 4) is 0 Å². The third-order valence-electron chi connectivity index (χ3n) is 6.18. The summed E-state index contributed by atoms with van der Waals surface area (Å²) in [6, 6.07) is 16.7. The van der Waals surface area contributed by atoms with Crippen molar-refractivity contribution < 1.29 is 18.0 Å². The fourth-order valence-electron chi connectivity index (χ4n) is 4.25. The molecule has 1 N–H and O–H groups in total. The summed E-state index contributed by atoms with van der Waals surface area (Å²) in [7, 11) is -4.05. The number of aryl methyl sites for hydroxylation is 3. The van der Waals surface area contributed by atoms with E-state index in [-0.39, 0.29) is 10.8 Å². The Kier molecular flexibility index (Phi) is 7.38. The summed E-state index contributed by atoms with van der Waals surface area (Å²) < 4.78 is 28.4. The lowest BCUT2D eigenvalue weighted by atomic mass is 10.1. The first kappa shape index (κ1) is 25.7. The van der Waals surface area contributed by atoms with Crippen LogP contribution in [-0.4, -0.2) is 33.3 Å². The number of carbonyl (C=O) groups is 2. The lowest BCUT2D eigenvalue weighted by Gasteiger charge is -2.26. The average molecular weight is 526 g/mol. The van der Waals surface area contributed by atoms with Crippen molar-refractivity contribution in [2.45, 2.75) is 38.5 Å². The predicted molar refractivity (Wildman–Crippen MR) is 143 cm³/mol. The summed E-state index contributed by atoms with van der Waals surface area (Å²) >= 11 is 6.10. The first-order valence-corrected chi connectivity index (χ1v) is 13.4. The molecule has 1 fully saturated rings. The van der Waals surface area contributed by atoms with E-state index in [4.69, 9.17) is 11.6 Å². The molecule has 0 aromatic heterocycles. The molecule has 0 radical (unpaired) electrons. The number of sulfonamides is 1. The third kappa shape index (κ3) is 5.39. The molecule has 1 saturated heterocycles. The largest absolute Gasteiger partial charge is 0.324 e. The Morgan fingerprint density at radius 2 is 1.72 bits per heavy atom. The molecule has 3 aromatic carbocycles. The van der Waals surface area contributed by atoms with Gasteiger partial charge in [0.2, 0.25) is 11.8 Å². The van der Waals surface area contributed by atoms with Gasteiger partial charge in [-0.1, -0.05) is 35.4 Å². The topological polar surface area (TPSA) is 86.8 Å². The van der Waals surface area contributed by atoms with Crippen LogP contribution in [0.5, 0.6) is 0 Å². The molecule has 2 amide bonds. The van der Waals surface area contributed by atoms with Crippen LogP contribution >= 0.6 is 11.6 Å². The number of nitrogens with zero attached hydrogens (tertiary/aromatic N) is 2. The molecule has 0 saturated carbocycles. The zero-order valence-electron chi connectivity index (χ0n) is 20.4. The van der Waals surface area contributed by atoms with E-state index in [1.165, 1.54) is 12.1 Å². The molecule has 3 aromatic rings. The molecule has 0 spiro atoms. The highest BCUT2D eigenvalue weighted by Gasteiger charge is 2.29. The number of rotatable bonds is 7. The monoisotopic (exact) mass is 525 g/mol. The minimum absolute atomic E-state index is 0.0511. The van der Waals surface area contributed by atoms with Gasteiger partial charge < -0.3 is 10.2 Å². The van der Waals surface area contributed by atoms with Crippen LogP contribution in [0.15, 0.2) is 65.6 Å². The zero-order chi connectivity index (χ0) is 26.0. The number of carbonyl (C=O) groups excluding carboxylic acids is 2. The normalized spacial score (nSPS) is 13.7. The molecule has 188 valence electrons. The van der Waals surface area contributed by atoms with Crippen molar-refractivity contribution in [3.05, 3.63) is 82.4 Å². The summed E-state index contributed by atoms with van der Waals surface area (Å²) in [6.45, 7) is 5.72. The van der Waals surface area contributed by atoms with Crippen molar-refractivity contribution in [1.29, 1.82) is 0 Å². The molecule has 9 heteroatoms. The van der Waals surface area contributed by atoms with Crippen LogP contribution in [0.1, 0.15) is 29.5 Å². The van der Waals surface area contributed by atoms with Gasteiger partial charge in [-0.15, -0.1) is 0 Å². The molecule has 0 atom stereocenters. The number of hydrogen-bond donors (Lipinski definition) is 1. The smallest absolute Gasteiger partial charge is 0.264 e. The second-order valence-electron chi connectivity index (χ2n) is 8.95. The first-order chi connectivity index (χ1) is 17.1. The van der Waals surface area contributed by atoms with Gasteiger partial charge >= 0.3 is 0 Å². The van der Waals surface area contributed by atoms with Crippen molar-refractivity contribution in [1.82, 2.24) is 0 Å². The number of hydrogen-bond acceptors (Lipinski definition) is 4. The molecule has 0 bridgehead atoms. The molecule has 7 nitrogen and oxygen atoms in total. The maximum Gasteiger partial charge on any atom is 0.264 e. The third-order valence-corrected chi connectivity index (χ3v) is 8.19. The summed E-state index contributed by atoms with van der Waals surface area (Å²) in [5, 5.41) is 3.27. The summed E-state index contributed by atoms with van der Waals surface area (Å²) in [4.78, 5) is 27.2. The number of anilines is 3. The number of nitrogens with one attached hydrogen (secondary N) is 1. The molecule has 1 aliphatic heterocycles. The highest BCUT2D eigenvalue weighted by molar-refractivity contribution is 7.92. The van der Waals surface area contributed by atoms with Gasteiger partial charge in [-0.2, -0.15) is 0 Å². The first-order valence-electron chi connectivity index (χ1n) is 11.6. The van der Waals surface area contributed by atoms with Crippen LogP contribution in [0, 0.1) is 20.8 Å². The maximum atomic E-state index is 13.6. The van der Waals surface area contributed by atoms with Crippen LogP contribution in [0.25, 0.3) is 0 Å². The van der Waals surface area contributed by atoms with E-state index in [1.807, 2.05) is 19.9 Å². The molecule has 1 heterocycles. The fourth-order valence-corrected chi connectivity index (χ4v) is 5.96. The fraction of sp³-hybridized carbons (Fsp3) is 0.259. The van der Waals surface area contributed by atoms with Gasteiger partial charge in [0.15, 0.2) is 0 Å². The lowest BCUT2D eigenvalue weighted by Crippen LogP contribution is -2.38. The highest BCUT2D eigenvalue weighted by atomic mass is 35.5. The van der Waals surface area contributed by atoms with Crippen LogP contribution in [0.3, 0.4) is 0 Å². The summed E-state index contributed by atoms with van der Waals surface area (Å²) in [5.74, 6) is -0.460. The highest BCUT2D eigenvalue weighted by Crippen LogP contribution is 2.30. The standard InChI is InChI=1S/C27H28ClN3O4S/c1-18-6-11-23(12-7-18)36(34,35)31(24-13-9-21(28)15-20(24)3)17-26(32)29-22-10-8-19(2)25(16-22)30-14-4-5-27(30)33/h6-13,15-16H,4-5,14,17H2,1-3H3,(H,29,32). The van der Waals surface area contributed by atoms with E-state index in [0.717, 1.165) is 27.5 Å². The van der Waals surface area contributed by atoms with E-state index in [1.54, 1.807) is 54.3 Å². The summed E-state index contributed by atoms with van der Waals surface area (Å²) in [6.07, 6.45) is 1.30. The average Bonchev–Trinajstić information content (AvgIpc) is 3.25. The Balaban J connectivity index is 1.65. The quantitative estimate of drug-likeness (QED) is 0.458. The minimum atomic E-state index is -4.05. The predicted octanol–water partition coefficient (Wildman–Crippen LogP) is 5.23. The van der Waals surface area contributed by atoms with Gasteiger partial charge in [0.05, 0.1) is 10.6 Å². The van der Waals surface area contributed by atoms with Crippen LogP contribution < -0.4 is 14.5 Å². The minimum Gasteiger partial charge on any atom is -0.324 e. The van der Waals surface area contributed by atoms with Crippen LogP contribution in [-0.2, 0) is 19.6 Å². The van der Waals surface area contributed by atoms with Gasteiger partial charge in [0.1, 0.15) is 6.54 Å². The Hall–Kier alpha value is -3.36. The van der Waals surface area contributed by atoms with Crippen molar-refractivity contribution in [2.75, 3.05) is 27.6 Å². The number of benzene rings is 3. The molecular weight excluding hydrogens is 498 g/mol. The molecule has 0 aliphatic carbocycles. The van der Waals surface area contributed by atoms with Gasteiger partial charge in [0, 0.05) is 29.4 Å². The van der Waals surface area contributed by atoms with Gasteiger partial charge in [-0.25, -0.2) is 8.42 Å². The van der Waals surface area contributed by atoms with Crippen LogP contribution in [0.4, 0.5) is 17.1 Å². The Bertz CT molecular complexity index is 1420. The Morgan fingerprint density at radius 1 is 1.00 bits per heavy atom. The lowest BCUT2D eigenvalue weighted by molar-refractivity contribution is -0.117. The van der Waals surface area contributed by atoms with Crippen LogP contribution in [0.2, 0.25) is 5.02 Å². The van der Waals surface area contributed by atoms with Gasteiger partial charge in [-0.3, -0.25) is 13.9 Å². The van der Waals surface area contributed by atoms with Gasteiger partial charge in [-0.05, 0) is 80.8 Å². The second-order valence-corrected chi connectivity index (χ2v) is 11.3. The Morgan fingerprint density at radius 3 is 2.36 bits per heavy atom. The molecule has 0 unspecified atom stereocenters. The van der Waals surface area contributed by atoms with E-state index >= 15 is 0 Å². The SMILES string of the molecule is Cc1ccc(S(=O)(=O)N(CC(=O)Nc2ccc(C)c(N3CCCC3=O)c2)c2ccc(Cl)cc2C)cc1. The van der Waals surface area contributed by atoms with E-state index in [0.29, 0.717) is 34.9 Å². The van der Waals surface area contributed by atoms with Crippen molar-refractivity contribution >= 4 is 50.5 Å². The molecular formula is C27H28ClN3O4S. The zero-order valence-corrected chi connectivity index (χ0v) is 22.0. The number of amides is 2. The van der Waals surface area contributed by atoms with Crippen molar-refractivity contribution in [3.63, 3.8) is 0 Å². The maximum absolute atomic E-state index is 13.6. The van der Waals surface area contributed by atoms with E-state index < -0.39 is 22.5 Å². The Labute approximate surface area is 216 Å². The summed E-state index contributed by atoms with van der Waals surface area (Å²) in [5.41, 5.74) is 4.06. The molecule has 4 rings (SSSR count). The number of halogens is 1. The van der Waals surface area contributed by atoms with Gasteiger partial charge in [0.25, 0.3) is 10.0 Å². The van der Waals surface area contributed by atoms with E-state index in [2.05, 4.69) is 5.32 Å². The van der Waals surface area contributed by atoms with Crippen molar-refractivity contribution in [2.24, 2.45) is 0 Å².